The van der Waals surface area contributed by atoms with Gasteiger partial charge in [0, 0.05) is 30.4 Å². The third-order valence-corrected chi connectivity index (χ3v) is 3.58. The highest BCUT2D eigenvalue weighted by Crippen LogP contribution is 2.15. The van der Waals surface area contributed by atoms with Crippen LogP contribution in [0.15, 0.2) is 36.5 Å². The molecule has 0 amide bonds. The van der Waals surface area contributed by atoms with E-state index in [2.05, 4.69) is 20.5 Å². The molecule has 2 aromatic heterocycles. The van der Waals surface area contributed by atoms with Crippen LogP contribution in [0.1, 0.15) is 22.9 Å². The number of halogens is 1. The fourth-order valence-electron chi connectivity index (χ4n) is 2.32. The molecule has 1 unspecified atom stereocenters. The van der Waals surface area contributed by atoms with Crippen LogP contribution in [-0.4, -0.2) is 26.8 Å². The van der Waals surface area contributed by atoms with Crippen molar-refractivity contribution in [2.45, 2.75) is 19.6 Å². The van der Waals surface area contributed by atoms with Gasteiger partial charge in [-0.05, 0) is 36.2 Å². The number of hydrogen-bond acceptors (Lipinski definition) is 4. The first kappa shape index (κ1) is 14.6. The van der Waals surface area contributed by atoms with E-state index in [4.69, 9.17) is 0 Å². The average molecular weight is 300 g/mol. The smallest absolute Gasteiger partial charge is 0.181 e. The Hall–Kier alpha value is -2.31. The molecule has 0 aliphatic carbocycles. The van der Waals surface area contributed by atoms with E-state index in [1.165, 1.54) is 12.1 Å². The quantitative estimate of drug-likeness (QED) is 0.675. The van der Waals surface area contributed by atoms with Crippen molar-refractivity contribution in [3.05, 3.63) is 59.2 Å². The number of rotatable bonds is 5. The number of benzene rings is 1. The van der Waals surface area contributed by atoms with E-state index in [0.717, 1.165) is 16.6 Å². The summed E-state index contributed by atoms with van der Waals surface area (Å²) in [7, 11) is 0. The number of pyridine rings is 1. The molecule has 6 heteroatoms. The lowest BCUT2D eigenvalue weighted by molar-refractivity contribution is 0.174. The molecule has 1 aromatic carbocycles. The Morgan fingerprint density at radius 1 is 1.32 bits per heavy atom. The molecule has 2 heterocycles. The van der Waals surface area contributed by atoms with E-state index in [1.807, 2.05) is 13.0 Å². The second-order valence-corrected chi connectivity index (χ2v) is 5.26. The van der Waals surface area contributed by atoms with Gasteiger partial charge in [0.2, 0.25) is 0 Å². The summed E-state index contributed by atoms with van der Waals surface area (Å²) < 4.78 is 12.8. The van der Waals surface area contributed by atoms with Crippen LogP contribution in [0.25, 0.3) is 11.0 Å². The molecular formula is C16H17FN4O. The standard InChI is InChI=1S/C16H17FN4O/c1-10-14-6-11(8-19-16(14)21-20-10)7-18-9-15(22)12-2-4-13(17)5-3-12/h2-6,8,15,18,22H,7,9H2,1H3,(H,19,20,21). The summed E-state index contributed by atoms with van der Waals surface area (Å²) in [5, 5.41) is 21.2. The maximum Gasteiger partial charge on any atom is 0.181 e. The summed E-state index contributed by atoms with van der Waals surface area (Å²) in [5.41, 5.74) is 3.39. The van der Waals surface area contributed by atoms with E-state index >= 15 is 0 Å². The van der Waals surface area contributed by atoms with Crippen molar-refractivity contribution in [2.24, 2.45) is 0 Å². The molecule has 0 aliphatic heterocycles. The summed E-state index contributed by atoms with van der Waals surface area (Å²) in [5.74, 6) is -0.307. The third-order valence-electron chi connectivity index (χ3n) is 3.58. The van der Waals surface area contributed by atoms with Crippen LogP contribution < -0.4 is 5.32 Å². The number of aromatic nitrogens is 3. The van der Waals surface area contributed by atoms with E-state index in [0.29, 0.717) is 24.3 Å². The van der Waals surface area contributed by atoms with Crippen molar-refractivity contribution in [3.63, 3.8) is 0 Å². The number of H-pyrrole nitrogens is 1. The molecule has 22 heavy (non-hydrogen) atoms. The van der Waals surface area contributed by atoms with Crippen LogP contribution in [0.2, 0.25) is 0 Å². The van der Waals surface area contributed by atoms with Crippen LogP contribution in [0.5, 0.6) is 0 Å². The van der Waals surface area contributed by atoms with Gasteiger partial charge in [0.05, 0.1) is 6.10 Å². The molecule has 114 valence electrons. The highest BCUT2D eigenvalue weighted by Gasteiger charge is 2.08. The summed E-state index contributed by atoms with van der Waals surface area (Å²) in [6.07, 6.45) is 1.09. The fourth-order valence-corrected chi connectivity index (χ4v) is 2.32. The molecule has 0 saturated carbocycles. The Balaban J connectivity index is 1.59. The molecule has 0 radical (unpaired) electrons. The van der Waals surface area contributed by atoms with Crippen LogP contribution in [0.3, 0.4) is 0 Å². The Bertz CT molecular complexity index is 769. The molecule has 5 nitrogen and oxygen atoms in total. The first-order valence-electron chi connectivity index (χ1n) is 7.07. The lowest BCUT2D eigenvalue weighted by Gasteiger charge is -2.12. The monoisotopic (exact) mass is 300 g/mol. The number of aliphatic hydroxyl groups is 1. The molecule has 0 aliphatic rings. The zero-order valence-electron chi connectivity index (χ0n) is 12.2. The van der Waals surface area contributed by atoms with Crippen molar-refractivity contribution in [1.29, 1.82) is 0 Å². The second-order valence-electron chi connectivity index (χ2n) is 5.26. The zero-order valence-corrected chi connectivity index (χ0v) is 12.2. The van der Waals surface area contributed by atoms with Gasteiger partial charge in [-0.25, -0.2) is 9.37 Å². The number of aliphatic hydroxyl groups excluding tert-OH is 1. The van der Waals surface area contributed by atoms with Crippen molar-refractivity contribution < 1.29 is 9.50 Å². The highest BCUT2D eigenvalue weighted by atomic mass is 19.1. The summed E-state index contributed by atoms with van der Waals surface area (Å²) in [6.45, 7) is 2.92. The average Bonchev–Trinajstić information content (AvgIpc) is 2.89. The van der Waals surface area contributed by atoms with Gasteiger partial charge in [-0.3, -0.25) is 5.10 Å². The molecule has 3 N–H and O–H groups in total. The molecule has 0 saturated heterocycles. The molecule has 3 aromatic rings. The first-order valence-corrected chi connectivity index (χ1v) is 7.07. The van der Waals surface area contributed by atoms with E-state index in [-0.39, 0.29) is 5.82 Å². The molecular weight excluding hydrogens is 283 g/mol. The maximum absolute atomic E-state index is 12.8. The van der Waals surface area contributed by atoms with Crippen LogP contribution in [0.4, 0.5) is 4.39 Å². The van der Waals surface area contributed by atoms with Gasteiger partial charge in [-0.2, -0.15) is 5.10 Å². The number of fused-ring (bicyclic) bond motifs is 1. The Morgan fingerprint density at radius 3 is 2.86 bits per heavy atom. The second kappa shape index (κ2) is 6.21. The van der Waals surface area contributed by atoms with Crippen molar-refractivity contribution in [3.8, 4) is 0 Å². The molecule has 0 spiro atoms. The number of hydrogen-bond donors (Lipinski definition) is 3. The van der Waals surface area contributed by atoms with Crippen molar-refractivity contribution in [1.82, 2.24) is 20.5 Å². The highest BCUT2D eigenvalue weighted by molar-refractivity contribution is 5.77. The lowest BCUT2D eigenvalue weighted by atomic mass is 10.1. The lowest BCUT2D eigenvalue weighted by Crippen LogP contribution is -2.21. The van der Waals surface area contributed by atoms with Gasteiger partial charge in [0.1, 0.15) is 5.82 Å². The normalized spacial score (nSPS) is 12.7. The summed E-state index contributed by atoms with van der Waals surface area (Å²) in [4.78, 5) is 4.28. The molecule has 1 atom stereocenters. The molecule has 0 bridgehead atoms. The fraction of sp³-hybridized carbons (Fsp3) is 0.250. The van der Waals surface area contributed by atoms with E-state index in [1.54, 1.807) is 18.3 Å². The van der Waals surface area contributed by atoms with Gasteiger partial charge in [-0.1, -0.05) is 12.1 Å². The predicted octanol–water partition coefficient (Wildman–Crippen LogP) is 2.23. The first-order chi connectivity index (χ1) is 10.6. The Kier molecular flexibility index (Phi) is 4.13. The number of nitrogens with zero attached hydrogens (tertiary/aromatic N) is 2. The van der Waals surface area contributed by atoms with Crippen molar-refractivity contribution >= 4 is 11.0 Å². The third kappa shape index (κ3) is 3.13. The minimum atomic E-state index is -0.673. The van der Waals surface area contributed by atoms with Gasteiger partial charge in [0.15, 0.2) is 5.65 Å². The SMILES string of the molecule is Cc1[nH]nc2ncc(CNCC(O)c3ccc(F)cc3)cc12. The zero-order chi connectivity index (χ0) is 15.5. The van der Waals surface area contributed by atoms with Gasteiger partial charge in [0.25, 0.3) is 0 Å². The van der Waals surface area contributed by atoms with E-state index in [9.17, 15) is 9.50 Å². The Morgan fingerprint density at radius 2 is 2.09 bits per heavy atom. The van der Waals surface area contributed by atoms with Crippen LogP contribution in [-0.2, 0) is 6.54 Å². The number of aryl methyl sites for hydroxylation is 1. The molecule has 3 rings (SSSR count). The van der Waals surface area contributed by atoms with E-state index < -0.39 is 6.10 Å². The van der Waals surface area contributed by atoms with Crippen LogP contribution >= 0.6 is 0 Å². The van der Waals surface area contributed by atoms with Crippen molar-refractivity contribution in [2.75, 3.05) is 6.54 Å². The van der Waals surface area contributed by atoms with Gasteiger partial charge in [-0.15, -0.1) is 0 Å². The largest absolute Gasteiger partial charge is 0.387 e. The minimum absolute atomic E-state index is 0.307. The minimum Gasteiger partial charge on any atom is -0.387 e. The van der Waals surface area contributed by atoms with Crippen LogP contribution in [0, 0.1) is 12.7 Å². The summed E-state index contributed by atoms with van der Waals surface area (Å²) >= 11 is 0. The maximum atomic E-state index is 12.8. The Labute approximate surface area is 127 Å². The van der Waals surface area contributed by atoms with Gasteiger partial charge >= 0.3 is 0 Å². The number of nitrogens with one attached hydrogen (secondary N) is 2. The topological polar surface area (TPSA) is 73.8 Å². The molecule has 0 fully saturated rings. The van der Waals surface area contributed by atoms with Gasteiger partial charge < -0.3 is 10.4 Å². The summed E-state index contributed by atoms with van der Waals surface area (Å²) in [6, 6.07) is 7.89. The predicted molar refractivity (Wildman–Crippen MR) is 81.7 cm³/mol. The number of aromatic amines is 1.